The summed E-state index contributed by atoms with van der Waals surface area (Å²) in [4.78, 5) is 39.9. The van der Waals surface area contributed by atoms with Crippen molar-refractivity contribution in [2.45, 2.75) is 18.9 Å². The van der Waals surface area contributed by atoms with Crippen LogP contribution in [0.2, 0.25) is 0 Å². The van der Waals surface area contributed by atoms with Crippen LogP contribution in [0, 0.1) is 0 Å². The summed E-state index contributed by atoms with van der Waals surface area (Å²) in [6.45, 7) is 4.38. The van der Waals surface area contributed by atoms with Gasteiger partial charge in [0.2, 0.25) is 5.91 Å². The van der Waals surface area contributed by atoms with E-state index in [2.05, 4.69) is 19.4 Å². The molecule has 2 saturated heterocycles. The number of hydrogen-bond donors (Lipinski definition) is 0. The molecule has 9 heteroatoms. The van der Waals surface area contributed by atoms with Gasteiger partial charge in [0.1, 0.15) is 5.52 Å². The smallest absolute Gasteiger partial charge is 0.289 e. The zero-order chi connectivity index (χ0) is 21.2. The molecule has 0 unspecified atom stereocenters. The summed E-state index contributed by atoms with van der Waals surface area (Å²) in [5.41, 5.74) is 1.85. The van der Waals surface area contributed by atoms with Crippen molar-refractivity contribution in [3.8, 4) is 0 Å². The highest BCUT2D eigenvalue weighted by Crippen LogP contribution is 2.25. The van der Waals surface area contributed by atoms with Crippen molar-refractivity contribution in [1.29, 1.82) is 0 Å². The van der Waals surface area contributed by atoms with Gasteiger partial charge < -0.3 is 18.8 Å². The minimum Gasteiger partial charge on any atom is -0.459 e. The van der Waals surface area contributed by atoms with Crippen molar-refractivity contribution in [3.05, 3.63) is 48.8 Å². The number of pyridine rings is 1. The van der Waals surface area contributed by atoms with Crippen LogP contribution >= 0.6 is 0 Å². The first-order valence-electron chi connectivity index (χ1n) is 10.8. The lowest BCUT2D eigenvalue weighted by molar-refractivity contribution is -0.134. The molecule has 2 fully saturated rings. The molecule has 0 N–H and O–H groups in total. The van der Waals surface area contributed by atoms with E-state index in [9.17, 15) is 9.59 Å². The molecule has 162 valence electrons. The molecule has 5 rings (SSSR count). The van der Waals surface area contributed by atoms with Crippen LogP contribution in [-0.2, 0) is 4.79 Å². The van der Waals surface area contributed by atoms with E-state index in [0.717, 1.165) is 37.1 Å². The highest BCUT2D eigenvalue weighted by Gasteiger charge is 2.28. The lowest BCUT2D eigenvalue weighted by atomic mass is 10.0. The molecule has 0 spiro atoms. The lowest BCUT2D eigenvalue weighted by Crippen LogP contribution is -2.53. The summed E-state index contributed by atoms with van der Waals surface area (Å²) in [5, 5.41) is 0. The molecular weight excluding hydrogens is 396 g/mol. The Bertz CT molecular complexity index is 1050. The average molecular weight is 422 g/mol. The van der Waals surface area contributed by atoms with Crippen LogP contribution < -0.4 is 0 Å². The molecule has 0 radical (unpaired) electrons. The minimum absolute atomic E-state index is 0.110. The van der Waals surface area contributed by atoms with Gasteiger partial charge in [0.25, 0.3) is 5.91 Å². The fourth-order valence-electron chi connectivity index (χ4n) is 4.50. The molecule has 0 aliphatic carbocycles. The molecule has 0 bridgehead atoms. The first-order valence-corrected chi connectivity index (χ1v) is 10.8. The van der Waals surface area contributed by atoms with Crippen molar-refractivity contribution in [1.82, 2.24) is 29.2 Å². The normalized spacial score (nSPS) is 18.6. The quantitative estimate of drug-likeness (QED) is 0.635. The molecule has 31 heavy (non-hydrogen) atoms. The predicted octanol–water partition coefficient (Wildman–Crippen LogP) is 1.65. The van der Waals surface area contributed by atoms with Crippen LogP contribution in [0.3, 0.4) is 0 Å². The number of likely N-dealkylation sites (tertiary alicyclic amines) is 1. The van der Waals surface area contributed by atoms with E-state index in [4.69, 9.17) is 4.42 Å². The van der Waals surface area contributed by atoms with Crippen LogP contribution in [0.1, 0.15) is 29.4 Å². The predicted molar refractivity (Wildman–Crippen MR) is 113 cm³/mol. The average Bonchev–Trinajstić information content (AvgIpc) is 3.50. The van der Waals surface area contributed by atoms with Crippen molar-refractivity contribution < 1.29 is 14.0 Å². The maximum Gasteiger partial charge on any atom is 0.289 e. The summed E-state index contributed by atoms with van der Waals surface area (Å²) >= 11 is 0. The highest BCUT2D eigenvalue weighted by atomic mass is 16.3. The van der Waals surface area contributed by atoms with Crippen molar-refractivity contribution in [3.63, 3.8) is 0 Å². The lowest BCUT2D eigenvalue weighted by Gasteiger charge is -2.37. The van der Waals surface area contributed by atoms with E-state index in [1.807, 2.05) is 23.4 Å². The molecule has 2 amide bonds. The first kappa shape index (κ1) is 19.7. The van der Waals surface area contributed by atoms with Crippen LogP contribution in [0.5, 0.6) is 0 Å². The maximum atomic E-state index is 12.8. The third kappa shape index (κ3) is 4.05. The Morgan fingerprint density at radius 2 is 1.74 bits per heavy atom. The van der Waals surface area contributed by atoms with Gasteiger partial charge in [-0.2, -0.15) is 0 Å². The van der Waals surface area contributed by atoms with Crippen molar-refractivity contribution in [2.75, 3.05) is 45.8 Å². The van der Waals surface area contributed by atoms with Crippen molar-refractivity contribution in [2.24, 2.45) is 0 Å². The number of furan rings is 1. The van der Waals surface area contributed by atoms with E-state index in [-0.39, 0.29) is 11.8 Å². The van der Waals surface area contributed by atoms with Gasteiger partial charge in [0, 0.05) is 51.5 Å². The SMILES string of the molecule is O=C(CN1CCC(n2cnc3cccnc32)CC1)N1CCN(C(=O)c2ccco2)CC1. The van der Waals surface area contributed by atoms with Crippen LogP contribution in [0.4, 0.5) is 0 Å². The van der Waals surface area contributed by atoms with E-state index in [1.54, 1.807) is 23.2 Å². The zero-order valence-corrected chi connectivity index (χ0v) is 17.4. The Labute approximate surface area is 180 Å². The van der Waals surface area contributed by atoms with Gasteiger partial charge in [-0.1, -0.05) is 0 Å². The number of aromatic nitrogens is 3. The Balaban J connectivity index is 1.10. The summed E-state index contributed by atoms with van der Waals surface area (Å²) in [5.74, 6) is 0.377. The molecular formula is C22H26N6O3. The number of nitrogens with zero attached hydrogens (tertiary/aromatic N) is 6. The number of piperidine rings is 1. The van der Waals surface area contributed by atoms with E-state index < -0.39 is 0 Å². The molecule has 2 aliphatic rings. The number of hydrogen-bond acceptors (Lipinski definition) is 6. The number of rotatable bonds is 4. The summed E-state index contributed by atoms with van der Waals surface area (Å²) in [7, 11) is 0. The fraction of sp³-hybridized carbons (Fsp3) is 0.455. The molecule has 5 heterocycles. The molecule has 9 nitrogen and oxygen atoms in total. The molecule has 3 aromatic heterocycles. The third-order valence-electron chi connectivity index (χ3n) is 6.29. The van der Waals surface area contributed by atoms with Gasteiger partial charge >= 0.3 is 0 Å². The van der Waals surface area contributed by atoms with Gasteiger partial charge in [-0.15, -0.1) is 0 Å². The monoisotopic (exact) mass is 422 g/mol. The Hall–Kier alpha value is -3.20. The molecule has 3 aromatic rings. The summed E-state index contributed by atoms with van der Waals surface area (Å²) in [6.07, 6.45) is 7.13. The van der Waals surface area contributed by atoms with Crippen LogP contribution in [-0.4, -0.2) is 86.9 Å². The molecule has 0 aromatic carbocycles. The minimum atomic E-state index is -0.110. The van der Waals surface area contributed by atoms with Gasteiger partial charge in [-0.05, 0) is 37.1 Å². The van der Waals surface area contributed by atoms with Gasteiger partial charge in [-0.3, -0.25) is 14.5 Å². The summed E-state index contributed by atoms with van der Waals surface area (Å²) < 4.78 is 7.36. The number of fused-ring (bicyclic) bond motifs is 1. The van der Waals surface area contributed by atoms with Gasteiger partial charge in [-0.25, -0.2) is 9.97 Å². The van der Waals surface area contributed by atoms with Gasteiger partial charge in [0.05, 0.1) is 19.1 Å². The maximum absolute atomic E-state index is 12.8. The topological polar surface area (TPSA) is 87.7 Å². The van der Waals surface area contributed by atoms with Crippen LogP contribution in [0.15, 0.2) is 47.5 Å². The Morgan fingerprint density at radius 3 is 2.48 bits per heavy atom. The zero-order valence-electron chi connectivity index (χ0n) is 17.4. The number of piperazine rings is 1. The van der Waals surface area contributed by atoms with Gasteiger partial charge in [0.15, 0.2) is 11.4 Å². The number of amides is 2. The standard InChI is InChI=1S/C22H26N6O3/c29-20(26-10-12-27(13-11-26)22(30)19-4-2-14-31-19)15-25-8-5-17(6-9-25)28-16-24-18-3-1-7-23-21(18)28/h1-4,7,14,16-17H,5-6,8-13,15H2. The fourth-order valence-corrected chi connectivity index (χ4v) is 4.50. The number of carbonyl (C=O) groups excluding carboxylic acids is 2. The third-order valence-corrected chi connectivity index (χ3v) is 6.29. The van der Waals surface area contributed by atoms with Crippen molar-refractivity contribution >= 4 is 23.0 Å². The summed E-state index contributed by atoms with van der Waals surface area (Å²) in [6, 6.07) is 7.63. The molecule has 0 atom stereocenters. The highest BCUT2D eigenvalue weighted by molar-refractivity contribution is 5.91. The number of imidazole rings is 1. The second-order valence-corrected chi connectivity index (χ2v) is 8.16. The molecule has 0 saturated carbocycles. The Morgan fingerprint density at radius 1 is 0.968 bits per heavy atom. The molecule has 2 aliphatic heterocycles. The van der Waals surface area contributed by atoms with E-state index in [1.165, 1.54) is 6.26 Å². The second-order valence-electron chi connectivity index (χ2n) is 8.16. The largest absolute Gasteiger partial charge is 0.459 e. The first-order chi connectivity index (χ1) is 15.2. The Kier molecular flexibility index (Phi) is 5.42. The van der Waals surface area contributed by atoms with E-state index >= 15 is 0 Å². The van der Waals surface area contributed by atoms with Crippen LogP contribution in [0.25, 0.3) is 11.2 Å². The number of carbonyl (C=O) groups is 2. The van der Waals surface area contributed by atoms with E-state index in [0.29, 0.717) is 44.5 Å². The second kappa shape index (κ2) is 8.50.